The molecule has 132 valence electrons. The molecule has 0 spiro atoms. The Morgan fingerprint density at radius 3 is 2.32 bits per heavy atom. The van der Waals surface area contributed by atoms with E-state index < -0.39 is 0 Å². The fourth-order valence-corrected chi connectivity index (χ4v) is 2.22. The third kappa shape index (κ3) is 5.84. The lowest BCUT2D eigenvalue weighted by molar-refractivity contribution is 0.0951. The number of nitrogens with one attached hydrogen (secondary N) is 2. The van der Waals surface area contributed by atoms with Crippen LogP contribution in [0.4, 0.5) is 0 Å². The van der Waals surface area contributed by atoms with Crippen molar-refractivity contribution >= 4 is 11.9 Å². The molecule has 0 aromatic heterocycles. The summed E-state index contributed by atoms with van der Waals surface area (Å²) in [6.07, 6.45) is 0. The van der Waals surface area contributed by atoms with E-state index in [-0.39, 0.29) is 17.2 Å². The topological polar surface area (TPSA) is 77.0 Å². The summed E-state index contributed by atoms with van der Waals surface area (Å²) in [5, 5.41) is 15.7. The highest BCUT2D eigenvalue weighted by Gasteiger charge is 2.09. The SMILES string of the molecule is CN(C)C(=NCc1ccccc1)NCCNC(=O)c1ccccc1O. The second-order valence-corrected chi connectivity index (χ2v) is 5.72. The minimum atomic E-state index is -0.299. The zero-order valence-corrected chi connectivity index (χ0v) is 14.6. The number of para-hydroxylation sites is 1. The Balaban J connectivity index is 1.81. The van der Waals surface area contributed by atoms with Crippen LogP contribution in [0.15, 0.2) is 59.6 Å². The van der Waals surface area contributed by atoms with Crippen LogP contribution in [0.5, 0.6) is 5.75 Å². The number of carbonyl (C=O) groups excluding carboxylic acids is 1. The number of aromatic hydroxyl groups is 1. The zero-order chi connectivity index (χ0) is 18.1. The number of guanidine groups is 1. The Morgan fingerprint density at radius 2 is 1.64 bits per heavy atom. The van der Waals surface area contributed by atoms with Crippen molar-refractivity contribution < 1.29 is 9.90 Å². The molecule has 0 aliphatic heterocycles. The van der Waals surface area contributed by atoms with Crippen LogP contribution in [0.1, 0.15) is 15.9 Å². The molecule has 2 aromatic rings. The number of phenols is 1. The molecule has 0 heterocycles. The van der Waals surface area contributed by atoms with Crippen molar-refractivity contribution in [3.05, 3.63) is 65.7 Å². The summed E-state index contributed by atoms with van der Waals surface area (Å²) >= 11 is 0. The molecular formula is C19H24N4O2. The number of phenolic OH excluding ortho intramolecular Hbond substituents is 1. The van der Waals surface area contributed by atoms with Gasteiger partial charge in [-0.1, -0.05) is 42.5 Å². The number of amides is 1. The lowest BCUT2D eigenvalue weighted by Gasteiger charge is -2.18. The van der Waals surface area contributed by atoms with E-state index in [0.29, 0.717) is 19.6 Å². The molecule has 0 radical (unpaired) electrons. The molecule has 0 aliphatic rings. The summed E-state index contributed by atoms with van der Waals surface area (Å²) in [7, 11) is 3.83. The molecule has 0 saturated carbocycles. The summed E-state index contributed by atoms with van der Waals surface area (Å²) in [6.45, 7) is 1.54. The first-order chi connectivity index (χ1) is 12.1. The fraction of sp³-hybridized carbons (Fsp3) is 0.263. The van der Waals surface area contributed by atoms with Gasteiger partial charge in [-0.25, -0.2) is 4.99 Å². The van der Waals surface area contributed by atoms with Gasteiger partial charge in [0.15, 0.2) is 5.96 Å². The van der Waals surface area contributed by atoms with E-state index in [1.54, 1.807) is 18.2 Å². The van der Waals surface area contributed by atoms with Crippen LogP contribution in [0.3, 0.4) is 0 Å². The molecule has 0 aliphatic carbocycles. The smallest absolute Gasteiger partial charge is 0.255 e. The van der Waals surface area contributed by atoms with Crippen LogP contribution in [0.25, 0.3) is 0 Å². The molecule has 6 nitrogen and oxygen atoms in total. The maximum Gasteiger partial charge on any atom is 0.255 e. The van der Waals surface area contributed by atoms with Crippen molar-refractivity contribution in [1.29, 1.82) is 0 Å². The van der Waals surface area contributed by atoms with Gasteiger partial charge in [0.25, 0.3) is 5.91 Å². The van der Waals surface area contributed by atoms with Crippen LogP contribution >= 0.6 is 0 Å². The van der Waals surface area contributed by atoms with Gasteiger partial charge in [-0.05, 0) is 17.7 Å². The number of hydrogen-bond donors (Lipinski definition) is 3. The molecule has 2 rings (SSSR count). The van der Waals surface area contributed by atoms with Gasteiger partial charge in [0.05, 0.1) is 12.1 Å². The Morgan fingerprint density at radius 1 is 1.00 bits per heavy atom. The number of benzene rings is 2. The molecule has 6 heteroatoms. The van der Waals surface area contributed by atoms with Gasteiger partial charge in [0.1, 0.15) is 5.75 Å². The van der Waals surface area contributed by atoms with Gasteiger partial charge < -0.3 is 20.6 Å². The number of nitrogens with zero attached hydrogens (tertiary/aromatic N) is 2. The molecule has 1 amide bonds. The predicted octanol–water partition coefficient (Wildman–Crippen LogP) is 1.83. The molecule has 0 unspecified atom stereocenters. The normalized spacial score (nSPS) is 11.0. The van der Waals surface area contributed by atoms with Crippen LogP contribution in [0, 0.1) is 0 Å². The van der Waals surface area contributed by atoms with Crippen molar-refractivity contribution in [1.82, 2.24) is 15.5 Å². The maximum atomic E-state index is 12.0. The second kappa shape index (κ2) is 9.32. The zero-order valence-electron chi connectivity index (χ0n) is 14.6. The van der Waals surface area contributed by atoms with Crippen molar-refractivity contribution in [2.24, 2.45) is 4.99 Å². The van der Waals surface area contributed by atoms with Crippen LogP contribution < -0.4 is 10.6 Å². The Hall–Kier alpha value is -3.02. The standard InChI is InChI=1S/C19H24N4O2/c1-23(2)19(22-14-15-8-4-3-5-9-15)21-13-12-20-18(25)16-10-6-7-11-17(16)24/h3-11,24H,12-14H2,1-2H3,(H,20,25)(H,21,22). The third-order valence-corrected chi connectivity index (χ3v) is 3.52. The Bertz CT molecular complexity index is 714. The molecule has 0 saturated heterocycles. The van der Waals surface area contributed by atoms with Gasteiger partial charge in [-0.3, -0.25) is 4.79 Å². The van der Waals surface area contributed by atoms with Gasteiger partial charge in [0, 0.05) is 27.2 Å². The third-order valence-electron chi connectivity index (χ3n) is 3.52. The van der Waals surface area contributed by atoms with E-state index in [4.69, 9.17) is 0 Å². The molecule has 0 atom stereocenters. The largest absolute Gasteiger partial charge is 0.507 e. The number of hydrogen-bond acceptors (Lipinski definition) is 3. The first-order valence-corrected chi connectivity index (χ1v) is 8.13. The Kier molecular flexibility index (Phi) is 6.83. The highest BCUT2D eigenvalue weighted by molar-refractivity contribution is 5.96. The van der Waals surface area contributed by atoms with E-state index >= 15 is 0 Å². The van der Waals surface area contributed by atoms with Gasteiger partial charge in [-0.2, -0.15) is 0 Å². The quantitative estimate of drug-likeness (QED) is 0.426. The average Bonchev–Trinajstić information content (AvgIpc) is 2.61. The fourth-order valence-electron chi connectivity index (χ4n) is 2.22. The summed E-state index contributed by atoms with van der Waals surface area (Å²) < 4.78 is 0. The van der Waals surface area contributed by atoms with Crippen molar-refractivity contribution in [3.8, 4) is 5.75 Å². The van der Waals surface area contributed by atoms with Crippen LogP contribution in [-0.4, -0.2) is 49.1 Å². The van der Waals surface area contributed by atoms with Crippen molar-refractivity contribution in [2.45, 2.75) is 6.54 Å². The van der Waals surface area contributed by atoms with E-state index in [2.05, 4.69) is 15.6 Å². The minimum absolute atomic E-state index is 0.0219. The van der Waals surface area contributed by atoms with E-state index in [9.17, 15) is 9.90 Å². The van der Waals surface area contributed by atoms with Gasteiger partial charge >= 0.3 is 0 Å². The predicted molar refractivity (Wildman–Crippen MR) is 99.7 cm³/mol. The molecule has 0 fully saturated rings. The van der Waals surface area contributed by atoms with Crippen LogP contribution in [-0.2, 0) is 6.54 Å². The van der Waals surface area contributed by atoms with Gasteiger partial charge in [-0.15, -0.1) is 0 Å². The average molecular weight is 340 g/mol. The lowest BCUT2D eigenvalue weighted by Crippen LogP contribution is -2.41. The lowest BCUT2D eigenvalue weighted by atomic mass is 10.2. The minimum Gasteiger partial charge on any atom is -0.507 e. The second-order valence-electron chi connectivity index (χ2n) is 5.72. The molecule has 3 N–H and O–H groups in total. The molecule has 25 heavy (non-hydrogen) atoms. The molecule has 2 aromatic carbocycles. The van der Waals surface area contributed by atoms with Crippen molar-refractivity contribution in [2.75, 3.05) is 27.2 Å². The highest BCUT2D eigenvalue weighted by Crippen LogP contribution is 2.14. The van der Waals surface area contributed by atoms with Crippen LogP contribution in [0.2, 0.25) is 0 Å². The molecular weight excluding hydrogens is 316 g/mol. The number of rotatable bonds is 6. The summed E-state index contributed by atoms with van der Waals surface area (Å²) in [4.78, 5) is 18.5. The number of carbonyl (C=O) groups is 1. The maximum absolute atomic E-state index is 12.0. The summed E-state index contributed by atoms with van der Waals surface area (Å²) in [5.74, 6) is 0.430. The molecule has 0 bridgehead atoms. The van der Waals surface area contributed by atoms with E-state index in [1.807, 2.05) is 49.3 Å². The highest BCUT2D eigenvalue weighted by atomic mass is 16.3. The van der Waals surface area contributed by atoms with E-state index in [0.717, 1.165) is 11.5 Å². The monoisotopic (exact) mass is 340 g/mol. The first kappa shape index (κ1) is 18.3. The Labute approximate surface area is 148 Å². The van der Waals surface area contributed by atoms with E-state index in [1.165, 1.54) is 6.07 Å². The number of aliphatic imine (C=N–C) groups is 1. The first-order valence-electron chi connectivity index (χ1n) is 8.13. The summed E-state index contributed by atoms with van der Waals surface area (Å²) in [6, 6.07) is 16.5. The van der Waals surface area contributed by atoms with Gasteiger partial charge in [0.2, 0.25) is 0 Å². The van der Waals surface area contributed by atoms with Crippen molar-refractivity contribution in [3.63, 3.8) is 0 Å². The summed E-state index contributed by atoms with van der Waals surface area (Å²) in [5.41, 5.74) is 1.41.